The zero-order valence-electron chi connectivity index (χ0n) is 17.3. The second-order valence-corrected chi connectivity index (χ2v) is 8.18. The van der Waals surface area contributed by atoms with E-state index >= 15 is 0 Å². The number of aromatic nitrogens is 3. The number of hydrogen-bond donors (Lipinski definition) is 1. The van der Waals surface area contributed by atoms with Crippen molar-refractivity contribution < 1.29 is 9.53 Å². The molecule has 0 bridgehead atoms. The van der Waals surface area contributed by atoms with Crippen LogP contribution in [-0.2, 0) is 17.9 Å². The van der Waals surface area contributed by atoms with E-state index in [0.717, 1.165) is 22.7 Å². The van der Waals surface area contributed by atoms with Crippen LogP contribution in [0.25, 0.3) is 0 Å². The molecule has 3 rings (SSSR count). The molecule has 1 aromatic heterocycles. The number of nitrogens with one attached hydrogen (secondary N) is 1. The Hall–Kier alpha value is -2.51. The van der Waals surface area contributed by atoms with Crippen molar-refractivity contribution in [2.45, 2.75) is 45.1 Å². The molecular weight excluding hydrogens is 420 g/mol. The Kier molecular flexibility index (Phi) is 7.76. The van der Waals surface area contributed by atoms with E-state index in [4.69, 9.17) is 16.3 Å². The van der Waals surface area contributed by atoms with Crippen LogP contribution in [-0.4, -0.2) is 26.4 Å². The maximum atomic E-state index is 12.2. The van der Waals surface area contributed by atoms with Crippen molar-refractivity contribution in [3.63, 3.8) is 0 Å². The number of benzene rings is 2. The highest BCUT2D eigenvalue weighted by Gasteiger charge is 2.20. The lowest BCUT2D eigenvalue weighted by molar-refractivity contribution is -0.118. The first-order valence-electron chi connectivity index (χ1n) is 9.77. The highest BCUT2D eigenvalue weighted by molar-refractivity contribution is 7.99. The Balaban J connectivity index is 1.59. The van der Waals surface area contributed by atoms with Gasteiger partial charge in [-0.1, -0.05) is 53.7 Å². The summed E-state index contributed by atoms with van der Waals surface area (Å²) in [4.78, 5) is 12.2. The van der Waals surface area contributed by atoms with Crippen LogP contribution < -0.4 is 10.1 Å². The number of nitrogens with zero attached hydrogens (tertiary/aromatic N) is 3. The average Bonchev–Trinajstić information content (AvgIpc) is 3.16. The van der Waals surface area contributed by atoms with E-state index in [2.05, 4.69) is 15.5 Å². The molecule has 30 heavy (non-hydrogen) atoms. The van der Waals surface area contributed by atoms with E-state index in [1.165, 1.54) is 11.8 Å². The molecule has 1 atom stereocenters. The molecule has 158 valence electrons. The minimum Gasteiger partial charge on any atom is -0.482 e. The number of thioether (sulfide) groups is 1. The molecule has 1 heterocycles. The minimum absolute atomic E-state index is 0.0443. The van der Waals surface area contributed by atoms with E-state index in [-0.39, 0.29) is 17.8 Å². The van der Waals surface area contributed by atoms with Crippen LogP contribution in [0, 0.1) is 6.92 Å². The Morgan fingerprint density at radius 1 is 1.23 bits per heavy atom. The monoisotopic (exact) mass is 444 g/mol. The number of ether oxygens (including phenoxy) is 1. The average molecular weight is 445 g/mol. The van der Waals surface area contributed by atoms with Gasteiger partial charge in [0.2, 0.25) is 5.91 Å². The molecule has 6 nitrogen and oxygen atoms in total. The maximum absolute atomic E-state index is 12.2. The van der Waals surface area contributed by atoms with Gasteiger partial charge in [-0.3, -0.25) is 4.79 Å². The standard InChI is InChI=1S/C22H25ClN4O2S/c1-4-27-21(16(3)29-19-11-10-18(23)12-15(19)2)25-26-22(27)30-14-20(28)24-13-17-8-6-5-7-9-17/h5-12,16H,4,13-14H2,1-3H3,(H,24,28). The van der Waals surface area contributed by atoms with Gasteiger partial charge >= 0.3 is 0 Å². The van der Waals surface area contributed by atoms with Crippen LogP contribution in [0.15, 0.2) is 53.7 Å². The molecule has 2 aromatic carbocycles. The molecule has 1 amide bonds. The number of hydrogen-bond acceptors (Lipinski definition) is 5. The molecule has 3 aromatic rings. The lowest BCUT2D eigenvalue weighted by atomic mass is 10.2. The van der Waals surface area contributed by atoms with E-state index in [1.54, 1.807) is 6.07 Å². The second-order valence-electron chi connectivity index (χ2n) is 6.81. The normalized spacial score (nSPS) is 11.9. The number of amides is 1. The molecule has 0 saturated carbocycles. The fraction of sp³-hybridized carbons (Fsp3) is 0.318. The number of aryl methyl sites for hydroxylation is 1. The van der Waals surface area contributed by atoms with Crippen molar-refractivity contribution in [1.29, 1.82) is 0 Å². The molecule has 0 radical (unpaired) electrons. The lowest BCUT2D eigenvalue weighted by Crippen LogP contribution is -2.24. The van der Waals surface area contributed by atoms with Crippen LogP contribution in [0.5, 0.6) is 5.75 Å². The van der Waals surface area contributed by atoms with Crippen molar-refractivity contribution in [1.82, 2.24) is 20.1 Å². The zero-order valence-corrected chi connectivity index (χ0v) is 18.8. The van der Waals surface area contributed by atoms with E-state index in [1.807, 2.05) is 67.8 Å². The summed E-state index contributed by atoms with van der Waals surface area (Å²) in [5, 5.41) is 12.9. The molecule has 0 saturated heterocycles. The molecule has 0 aliphatic heterocycles. The van der Waals surface area contributed by atoms with Gasteiger partial charge in [0.25, 0.3) is 0 Å². The third-order valence-corrected chi connectivity index (χ3v) is 5.73. The third kappa shape index (κ3) is 5.77. The first-order chi connectivity index (χ1) is 14.5. The van der Waals surface area contributed by atoms with Gasteiger partial charge in [0.05, 0.1) is 5.75 Å². The predicted molar refractivity (Wildman–Crippen MR) is 120 cm³/mol. The third-order valence-electron chi connectivity index (χ3n) is 4.53. The molecular formula is C22H25ClN4O2S. The first kappa shape index (κ1) is 22.2. The zero-order chi connectivity index (χ0) is 21.5. The summed E-state index contributed by atoms with van der Waals surface area (Å²) in [6.07, 6.45) is -0.293. The van der Waals surface area contributed by atoms with Crippen LogP contribution in [0.4, 0.5) is 0 Å². The number of rotatable bonds is 9. The maximum Gasteiger partial charge on any atom is 0.230 e. The van der Waals surface area contributed by atoms with Gasteiger partial charge in [0, 0.05) is 18.1 Å². The Morgan fingerprint density at radius 3 is 2.70 bits per heavy atom. The summed E-state index contributed by atoms with van der Waals surface area (Å²) in [6.45, 7) is 7.10. The summed E-state index contributed by atoms with van der Waals surface area (Å²) in [6, 6.07) is 15.4. The molecule has 1 unspecified atom stereocenters. The van der Waals surface area contributed by atoms with E-state index in [0.29, 0.717) is 23.3 Å². The number of halogens is 1. The largest absolute Gasteiger partial charge is 0.482 e. The van der Waals surface area contributed by atoms with E-state index in [9.17, 15) is 4.79 Å². The lowest BCUT2D eigenvalue weighted by Gasteiger charge is -2.17. The van der Waals surface area contributed by atoms with Crippen molar-refractivity contribution in [3.8, 4) is 5.75 Å². The molecule has 0 spiro atoms. The van der Waals surface area contributed by atoms with Crippen LogP contribution in [0.1, 0.15) is 36.9 Å². The van der Waals surface area contributed by atoms with Gasteiger partial charge < -0.3 is 14.6 Å². The van der Waals surface area contributed by atoms with Crippen molar-refractivity contribution in [2.75, 3.05) is 5.75 Å². The van der Waals surface area contributed by atoms with Gasteiger partial charge in [-0.25, -0.2) is 0 Å². The fourth-order valence-corrected chi connectivity index (χ4v) is 4.04. The molecule has 0 aliphatic rings. The molecule has 1 N–H and O–H groups in total. The highest BCUT2D eigenvalue weighted by Crippen LogP contribution is 2.28. The van der Waals surface area contributed by atoms with Crippen LogP contribution in [0.2, 0.25) is 5.02 Å². The van der Waals surface area contributed by atoms with Gasteiger partial charge in [0.1, 0.15) is 5.75 Å². The minimum atomic E-state index is -0.293. The smallest absolute Gasteiger partial charge is 0.230 e. The summed E-state index contributed by atoms with van der Waals surface area (Å²) in [7, 11) is 0. The van der Waals surface area contributed by atoms with E-state index < -0.39 is 0 Å². The molecule has 0 fully saturated rings. The van der Waals surface area contributed by atoms with Crippen molar-refractivity contribution in [2.24, 2.45) is 0 Å². The second kappa shape index (κ2) is 10.5. The van der Waals surface area contributed by atoms with Crippen molar-refractivity contribution >= 4 is 29.3 Å². The Bertz CT molecular complexity index is 994. The topological polar surface area (TPSA) is 69.0 Å². The quantitative estimate of drug-likeness (QED) is 0.480. The number of carbonyl (C=O) groups is 1. The molecule has 8 heteroatoms. The Morgan fingerprint density at radius 2 is 2.00 bits per heavy atom. The fourth-order valence-electron chi connectivity index (χ4n) is 2.97. The summed E-state index contributed by atoms with van der Waals surface area (Å²) in [5.74, 6) is 1.71. The number of carbonyl (C=O) groups excluding carboxylic acids is 1. The van der Waals surface area contributed by atoms with Gasteiger partial charge in [-0.2, -0.15) is 0 Å². The predicted octanol–water partition coefficient (Wildman–Crippen LogP) is 4.81. The highest BCUT2D eigenvalue weighted by atomic mass is 35.5. The molecule has 0 aliphatic carbocycles. The summed E-state index contributed by atoms with van der Waals surface area (Å²) in [5.41, 5.74) is 2.03. The summed E-state index contributed by atoms with van der Waals surface area (Å²) >= 11 is 7.39. The Labute approximate surface area is 186 Å². The van der Waals surface area contributed by atoms with Crippen LogP contribution >= 0.6 is 23.4 Å². The summed E-state index contributed by atoms with van der Waals surface area (Å²) < 4.78 is 8.06. The van der Waals surface area contributed by atoms with Gasteiger partial charge in [0.15, 0.2) is 17.1 Å². The SMILES string of the molecule is CCn1c(SCC(=O)NCc2ccccc2)nnc1C(C)Oc1ccc(Cl)cc1C. The first-order valence-corrected chi connectivity index (χ1v) is 11.1. The van der Waals surface area contributed by atoms with Crippen molar-refractivity contribution in [3.05, 3.63) is 70.5 Å². The van der Waals surface area contributed by atoms with Crippen LogP contribution in [0.3, 0.4) is 0 Å². The van der Waals surface area contributed by atoms with Gasteiger partial charge in [-0.15, -0.1) is 10.2 Å². The van der Waals surface area contributed by atoms with Gasteiger partial charge in [-0.05, 0) is 50.1 Å².